The molecule has 1 heterocycles. The average Bonchev–Trinajstić information content (AvgIpc) is 2.57. The fourth-order valence-corrected chi connectivity index (χ4v) is 4.13. The first-order valence-corrected chi connectivity index (χ1v) is 9.47. The highest BCUT2D eigenvalue weighted by Gasteiger charge is 2.40. The number of carbonyl (C=O) groups excluding carboxylic acids is 2. The molecule has 1 saturated heterocycles. The van der Waals surface area contributed by atoms with Crippen LogP contribution in [0.15, 0.2) is 24.3 Å². The zero-order chi connectivity index (χ0) is 18.0. The maximum atomic E-state index is 12.4. The van der Waals surface area contributed by atoms with Gasteiger partial charge in [-0.25, -0.2) is 13.2 Å². The molecule has 0 bridgehead atoms. The Balaban J connectivity index is 2.02. The van der Waals surface area contributed by atoms with Crippen molar-refractivity contribution in [3.8, 4) is 0 Å². The van der Waals surface area contributed by atoms with E-state index in [-0.39, 0.29) is 36.3 Å². The molecule has 2 rings (SSSR count). The zero-order valence-corrected chi connectivity index (χ0v) is 14.6. The van der Waals surface area contributed by atoms with Crippen LogP contribution in [0.3, 0.4) is 0 Å². The van der Waals surface area contributed by atoms with Gasteiger partial charge in [0.05, 0.1) is 35.8 Å². The van der Waals surface area contributed by atoms with Gasteiger partial charge in [0, 0.05) is 0 Å². The summed E-state index contributed by atoms with van der Waals surface area (Å²) >= 11 is 0. The number of amides is 1. The van der Waals surface area contributed by atoms with E-state index in [1.54, 1.807) is 31.2 Å². The highest BCUT2D eigenvalue weighted by atomic mass is 32.2. The second-order valence-electron chi connectivity index (χ2n) is 6.12. The molecule has 1 aromatic carbocycles. The number of carbonyl (C=O) groups is 2. The molecule has 1 atom stereocenters. The van der Waals surface area contributed by atoms with Crippen molar-refractivity contribution in [3.63, 3.8) is 0 Å². The van der Waals surface area contributed by atoms with E-state index < -0.39 is 21.3 Å². The van der Waals surface area contributed by atoms with Gasteiger partial charge in [0.2, 0.25) is 5.91 Å². The van der Waals surface area contributed by atoms with Crippen LogP contribution < -0.4 is 11.1 Å². The highest BCUT2D eigenvalue weighted by molar-refractivity contribution is 7.91. The van der Waals surface area contributed by atoms with Crippen LogP contribution in [-0.4, -0.2) is 44.4 Å². The van der Waals surface area contributed by atoms with E-state index in [4.69, 9.17) is 5.73 Å². The number of hydrogen-bond acceptors (Lipinski definition) is 6. The van der Waals surface area contributed by atoms with E-state index in [1.807, 2.05) is 0 Å². The minimum Gasteiger partial charge on any atom is -0.465 e. The molecule has 0 spiro atoms. The van der Waals surface area contributed by atoms with Gasteiger partial charge in [-0.05, 0) is 37.5 Å². The van der Waals surface area contributed by atoms with Crippen LogP contribution in [0.5, 0.6) is 0 Å². The number of ether oxygens (including phenoxy) is 1. The van der Waals surface area contributed by atoms with E-state index in [1.165, 1.54) is 7.11 Å². The standard InChI is InChI=1S/C16H22N2O5S/c1-11(12-3-5-13(6-4-12)14(19)23-2)18-15(20)16(17)7-9-24(21,22)10-8-16/h3-6,11H,7-10,17H2,1-2H3,(H,18,20)/t11-/m0/s1. The molecule has 1 aliphatic heterocycles. The molecule has 8 heteroatoms. The molecule has 1 aromatic rings. The van der Waals surface area contributed by atoms with E-state index in [0.717, 1.165) is 5.56 Å². The van der Waals surface area contributed by atoms with Crippen molar-refractivity contribution in [1.29, 1.82) is 0 Å². The van der Waals surface area contributed by atoms with Crippen LogP contribution in [0.1, 0.15) is 41.7 Å². The van der Waals surface area contributed by atoms with E-state index in [0.29, 0.717) is 5.56 Å². The van der Waals surface area contributed by atoms with Crippen molar-refractivity contribution in [2.75, 3.05) is 18.6 Å². The summed E-state index contributed by atoms with van der Waals surface area (Å²) in [5.41, 5.74) is 6.17. The largest absolute Gasteiger partial charge is 0.465 e. The van der Waals surface area contributed by atoms with Gasteiger partial charge >= 0.3 is 5.97 Å². The number of esters is 1. The number of benzene rings is 1. The van der Waals surface area contributed by atoms with Gasteiger partial charge in [0.1, 0.15) is 9.84 Å². The molecule has 0 saturated carbocycles. The number of nitrogens with one attached hydrogen (secondary N) is 1. The Morgan fingerprint density at radius 3 is 2.25 bits per heavy atom. The summed E-state index contributed by atoms with van der Waals surface area (Å²) in [5.74, 6) is -0.928. The fourth-order valence-electron chi connectivity index (χ4n) is 2.58. The van der Waals surface area contributed by atoms with Crippen molar-refractivity contribution < 1.29 is 22.7 Å². The fraction of sp³-hybridized carbons (Fsp3) is 0.500. The molecule has 0 aromatic heterocycles. The van der Waals surface area contributed by atoms with Gasteiger partial charge in [-0.1, -0.05) is 12.1 Å². The second kappa shape index (κ2) is 6.90. The molecule has 7 nitrogen and oxygen atoms in total. The molecular weight excluding hydrogens is 332 g/mol. The summed E-state index contributed by atoms with van der Waals surface area (Å²) in [4.78, 5) is 23.8. The lowest BCUT2D eigenvalue weighted by atomic mass is 9.92. The summed E-state index contributed by atoms with van der Waals surface area (Å²) in [6.07, 6.45) is 0.240. The Labute approximate surface area is 141 Å². The van der Waals surface area contributed by atoms with Crippen molar-refractivity contribution in [2.24, 2.45) is 5.73 Å². The van der Waals surface area contributed by atoms with Crippen molar-refractivity contribution in [1.82, 2.24) is 5.32 Å². The summed E-state index contributed by atoms with van der Waals surface area (Å²) in [6.45, 7) is 1.80. The van der Waals surface area contributed by atoms with Gasteiger partial charge in [0.25, 0.3) is 0 Å². The van der Waals surface area contributed by atoms with Gasteiger partial charge < -0.3 is 15.8 Å². The number of nitrogens with two attached hydrogens (primary N) is 1. The maximum Gasteiger partial charge on any atom is 0.337 e. The van der Waals surface area contributed by atoms with Crippen LogP contribution in [0.4, 0.5) is 0 Å². The molecule has 0 aliphatic carbocycles. The lowest BCUT2D eigenvalue weighted by molar-refractivity contribution is -0.127. The number of rotatable bonds is 4. The summed E-state index contributed by atoms with van der Waals surface area (Å²) < 4.78 is 27.6. The van der Waals surface area contributed by atoms with E-state index in [2.05, 4.69) is 10.1 Å². The summed E-state index contributed by atoms with van der Waals surface area (Å²) in [5, 5.41) is 2.82. The van der Waals surface area contributed by atoms with Crippen LogP contribution in [0, 0.1) is 0 Å². The minimum absolute atomic E-state index is 0.0703. The molecule has 0 unspecified atom stereocenters. The monoisotopic (exact) mass is 354 g/mol. The molecular formula is C16H22N2O5S. The minimum atomic E-state index is -3.09. The predicted molar refractivity (Wildman–Crippen MR) is 89.1 cm³/mol. The predicted octanol–water partition coefficient (Wildman–Crippen LogP) is 0.557. The van der Waals surface area contributed by atoms with Gasteiger partial charge in [-0.15, -0.1) is 0 Å². The normalized spacial score (nSPS) is 20.0. The highest BCUT2D eigenvalue weighted by Crippen LogP contribution is 2.23. The lowest BCUT2D eigenvalue weighted by Gasteiger charge is -2.33. The topological polar surface area (TPSA) is 116 Å². The first-order valence-electron chi connectivity index (χ1n) is 7.65. The van der Waals surface area contributed by atoms with Gasteiger partial charge in [-0.3, -0.25) is 4.79 Å². The van der Waals surface area contributed by atoms with Crippen molar-refractivity contribution in [2.45, 2.75) is 31.3 Å². The van der Waals surface area contributed by atoms with Crippen molar-refractivity contribution in [3.05, 3.63) is 35.4 Å². The number of sulfone groups is 1. The third-order valence-corrected chi connectivity index (χ3v) is 6.00. The molecule has 1 aliphatic rings. The summed E-state index contributed by atoms with van der Waals surface area (Å²) in [7, 11) is -1.78. The van der Waals surface area contributed by atoms with Crippen LogP contribution in [-0.2, 0) is 19.4 Å². The SMILES string of the molecule is COC(=O)c1ccc([C@H](C)NC(=O)C2(N)CCS(=O)(=O)CC2)cc1. The first kappa shape index (κ1) is 18.4. The van der Waals surface area contributed by atoms with E-state index >= 15 is 0 Å². The second-order valence-corrected chi connectivity index (χ2v) is 8.42. The maximum absolute atomic E-state index is 12.4. The Kier molecular flexibility index (Phi) is 5.29. The Morgan fingerprint density at radius 1 is 1.21 bits per heavy atom. The lowest BCUT2D eigenvalue weighted by Crippen LogP contribution is -2.58. The molecule has 24 heavy (non-hydrogen) atoms. The van der Waals surface area contributed by atoms with Crippen LogP contribution >= 0.6 is 0 Å². The Bertz CT molecular complexity index is 713. The Morgan fingerprint density at radius 2 is 1.75 bits per heavy atom. The smallest absolute Gasteiger partial charge is 0.337 e. The van der Waals surface area contributed by atoms with Crippen LogP contribution in [0.2, 0.25) is 0 Å². The zero-order valence-electron chi connectivity index (χ0n) is 13.7. The summed E-state index contributed by atoms with van der Waals surface area (Å²) in [6, 6.07) is 6.38. The number of hydrogen-bond donors (Lipinski definition) is 2. The third-order valence-electron chi connectivity index (χ3n) is 4.35. The Hall–Kier alpha value is -1.93. The van der Waals surface area contributed by atoms with Crippen molar-refractivity contribution >= 4 is 21.7 Å². The molecule has 0 radical (unpaired) electrons. The molecule has 1 amide bonds. The molecule has 1 fully saturated rings. The van der Waals surface area contributed by atoms with Gasteiger partial charge in [-0.2, -0.15) is 0 Å². The van der Waals surface area contributed by atoms with Crippen LogP contribution in [0.25, 0.3) is 0 Å². The first-order chi connectivity index (χ1) is 11.2. The van der Waals surface area contributed by atoms with E-state index in [9.17, 15) is 18.0 Å². The average molecular weight is 354 g/mol. The molecule has 132 valence electrons. The number of methoxy groups -OCH3 is 1. The quantitative estimate of drug-likeness (QED) is 0.763. The molecule has 3 N–H and O–H groups in total. The third kappa shape index (κ3) is 4.12. The van der Waals surface area contributed by atoms with Gasteiger partial charge in [0.15, 0.2) is 0 Å².